The van der Waals surface area contributed by atoms with E-state index in [-0.39, 0.29) is 11.6 Å². The van der Waals surface area contributed by atoms with E-state index >= 15 is 0 Å². The van der Waals surface area contributed by atoms with Gasteiger partial charge in [-0.05, 0) is 47.5 Å². The lowest BCUT2D eigenvalue weighted by atomic mass is 10.2. The lowest BCUT2D eigenvalue weighted by Crippen LogP contribution is -2.16. The van der Waals surface area contributed by atoms with Crippen molar-refractivity contribution in [3.63, 3.8) is 0 Å². The van der Waals surface area contributed by atoms with E-state index in [0.29, 0.717) is 21.4 Å². The summed E-state index contributed by atoms with van der Waals surface area (Å²) < 4.78 is 28.0. The molecule has 0 bridgehead atoms. The van der Waals surface area contributed by atoms with Crippen molar-refractivity contribution >= 4 is 31.6 Å². The Balaban J connectivity index is 2.43. The van der Waals surface area contributed by atoms with Crippen LogP contribution in [0.1, 0.15) is 16.8 Å². The van der Waals surface area contributed by atoms with Crippen LogP contribution in [0.4, 0.5) is 5.69 Å². The molecule has 20 heavy (non-hydrogen) atoms. The first-order chi connectivity index (χ1) is 9.35. The Labute approximate surface area is 125 Å². The minimum absolute atomic E-state index is 0.0640. The maximum absolute atomic E-state index is 12.4. The average molecular weight is 359 g/mol. The number of aryl methyl sites for hydroxylation is 2. The smallest absolute Gasteiger partial charge is 0.281 e. The fourth-order valence-electron chi connectivity index (χ4n) is 1.80. The highest BCUT2D eigenvalue weighted by Crippen LogP contribution is 2.26. The van der Waals surface area contributed by atoms with Crippen molar-refractivity contribution in [1.82, 2.24) is 10.2 Å². The number of nitrogens with one attached hydrogen (secondary N) is 2. The molecule has 1 aromatic heterocycles. The van der Waals surface area contributed by atoms with Crippen LogP contribution in [0, 0.1) is 13.8 Å². The highest BCUT2D eigenvalue weighted by atomic mass is 79.9. The van der Waals surface area contributed by atoms with Gasteiger partial charge in [0, 0.05) is 22.3 Å². The van der Waals surface area contributed by atoms with E-state index in [1.165, 1.54) is 0 Å². The van der Waals surface area contributed by atoms with Gasteiger partial charge in [0.2, 0.25) is 5.03 Å². The van der Waals surface area contributed by atoms with Gasteiger partial charge < -0.3 is 5.73 Å². The minimum Gasteiger partial charge on any atom is -0.326 e. The summed E-state index contributed by atoms with van der Waals surface area (Å²) in [7, 11) is -3.78. The largest absolute Gasteiger partial charge is 0.326 e. The lowest BCUT2D eigenvalue weighted by Gasteiger charge is -2.10. The van der Waals surface area contributed by atoms with Gasteiger partial charge >= 0.3 is 0 Å². The first-order valence-electron chi connectivity index (χ1n) is 5.88. The average Bonchev–Trinajstić information content (AvgIpc) is 2.75. The molecule has 2 aromatic rings. The van der Waals surface area contributed by atoms with E-state index in [0.717, 1.165) is 5.56 Å². The second-order valence-corrected chi connectivity index (χ2v) is 6.88. The number of rotatable bonds is 4. The summed E-state index contributed by atoms with van der Waals surface area (Å²) in [5.41, 5.74) is 8.13. The molecule has 0 saturated heterocycles. The van der Waals surface area contributed by atoms with Gasteiger partial charge in [0.05, 0.1) is 5.69 Å². The zero-order valence-electron chi connectivity index (χ0n) is 11.1. The van der Waals surface area contributed by atoms with E-state index < -0.39 is 10.0 Å². The fraction of sp³-hybridized carbons (Fsp3) is 0.250. The summed E-state index contributed by atoms with van der Waals surface area (Å²) >= 11 is 3.32. The molecule has 1 heterocycles. The van der Waals surface area contributed by atoms with E-state index in [1.54, 1.807) is 19.1 Å². The number of sulfonamides is 1. The minimum atomic E-state index is -3.78. The van der Waals surface area contributed by atoms with Gasteiger partial charge in [-0.15, -0.1) is 0 Å². The van der Waals surface area contributed by atoms with Gasteiger partial charge in [-0.3, -0.25) is 9.82 Å². The van der Waals surface area contributed by atoms with Gasteiger partial charge in [-0.2, -0.15) is 13.5 Å². The normalized spacial score (nSPS) is 11.6. The second kappa shape index (κ2) is 5.55. The van der Waals surface area contributed by atoms with Crippen molar-refractivity contribution in [2.24, 2.45) is 5.73 Å². The molecule has 0 unspecified atom stereocenters. The van der Waals surface area contributed by atoms with Crippen LogP contribution >= 0.6 is 15.9 Å². The quantitative estimate of drug-likeness (QED) is 0.778. The third-order valence-electron chi connectivity index (χ3n) is 2.86. The molecule has 0 fully saturated rings. The molecule has 0 aliphatic carbocycles. The van der Waals surface area contributed by atoms with Crippen molar-refractivity contribution in [2.75, 3.05) is 4.72 Å². The SMILES string of the molecule is Cc1ccc(Br)c(NS(=O)(=O)c2n[nH]c(C)c2CN)c1. The topological polar surface area (TPSA) is 101 Å². The molecule has 0 radical (unpaired) electrons. The molecular formula is C12H15BrN4O2S. The monoisotopic (exact) mass is 358 g/mol. The molecule has 0 aliphatic rings. The molecular weight excluding hydrogens is 344 g/mol. The molecule has 0 aliphatic heterocycles. The van der Waals surface area contributed by atoms with Crippen LogP contribution in [-0.2, 0) is 16.6 Å². The molecule has 0 saturated carbocycles. The maximum Gasteiger partial charge on any atom is 0.281 e. The van der Waals surface area contributed by atoms with Crippen molar-refractivity contribution < 1.29 is 8.42 Å². The van der Waals surface area contributed by atoms with Crippen molar-refractivity contribution in [1.29, 1.82) is 0 Å². The summed E-state index contributed by atoms with van der Waals surface area (Å²) in [6.45, 7) is 3.72. The molecule has 4 N–H and O–H groups in total. The summed E-state index contributed by atoms with van der Waals surface area (Å²) in [5, 5.41) is 6.42. The fourth-order valence-corrected chi connectivity index (χ4v) is 3.56. The Morgan fingerprint density at radius 2 is 2.10 bits per heavy atom. The summed E-state index contributed by atoms with van der Waals surface area (Å²) in [5.74, 6) is 0. The first kappa shape index (κ1) is 15.0. The number of aromatic nitrogens is 2. The molecule has 6 nitrogen and oxygen atoms in total. The van der Waals surface area contributed by atoms with E-state index in [2.05, 4.69) is 30.8 Å². The number of H-pyrrole nitrogens is 1. The molecule has 1 aromatic carbocycles. The predicted molar refractivity (Wildman–Crippen MR) is 80.9 cm³/mol. The molecule has 2 rings (SSSR count). The molecule has 8 heteroatoms. The van der Waals surface area contributed by atoms with Gasteiger partial charge in [0.15, 0.2) is 0 Å². The van der Waals surface area contributed by atoms with Crippen LogP contribution in [-0.4, -0.2) is 18.6 Å². The highest BCUT2D eigenvalue weighted by Gasteiger charge is 2.23. The Morgan fingerprint density at radius 1 is 1.40 bits per heavy atom. The van der Waals surface area contributed by atoms with Gasteiger partial charge in [0.25, 0.3) is 10.0 Å². The Morgan fingerprint density at radius 3 is 2.75 bits per heavy atom. The van der Waals surface area contributed by atoms with E-state index in [4.69, 9.17) is 5.73 Å². The number of benzene rings is 1. The highest BCUT2D eigenvalue weighted by molar-refractivity contribution is 9.10. The van der Waals surface area contributed by atoms with Crippen LogP contribution in [0.2, 0.25) is 0 Å². The van der Waals surface area contributed by atoms with Gasteiger partial charge in [0.1, 0.15) is 0 Å². The molecule has 0 amide bonds. The number of hydrogen-bond acceptors (Lipinski definition) is 4. The van der Waals surface area contributed by atoms with Crippen molar-refractivity contribution in [3.8, 4) is 0 Å². The number of nitrogens with zero attached hydrogens (tertiary/aromatic N) is 1. The zero-order chi connectivity index (χ0) is 14.9. The van der Waals surface area contributed by atoms with E-state index in [9.17, 15) is 8.42 Å². The number of nitrogens with two attached hydrogens (primary N) is 1. The third kappa shape index (κ3) is 2.87. The number of anilines is 1. The number of hydrogen-bond donors (Lipinski definition) is 3. The standard InChI is InChI=1S/C12H15BrN4O2S/c1-7-3-4-10(13)11(5-7)17-20(18,19)12-9(6-14)8(2)15-16-12/h3-5,17H,6,14H2,1-2H3,(H,15,16). The lowest BCUT2D eigenvalue weighted by molar-refractivity contribution is 0.596. The summed E-state index contributed by atoms with van der Waals surface area (Å²) in [4.78, 5) is 0. The third-order valence-corrected chi connectivity index (χ3v) is 4.89. The Hall–Kier alpha value is -1.38. The summed E-state index contributed by atoms with van der Waals surface area (Å²) in [6, 6.07) is 5.40. The van der Waals surface area contributed by atoms with Crippen molar-refractivity contribution in [2.45, 2.75) is 25.4 Å². The molecule has 108 valence electrons. The van der Waals surface area contributed by atoms with Gasteiger partial charge in [-0.25, -0.2) is 0 Å². The van der Waals surface area contributed by atoms with E-state index in [1.807, 2.05) is 13.0 Å². The molecule has 0 atom stereocenters. The number of halogens is 1. The maximum atomic E-state index is 12.4. The van der Waals surface area contributed by atoms with Crippen LogP contribution in [0.15, 0.2) is 27.7 Å². The van der Waals surface area contributed by atoms with Crippen LogP contribution in [0.3, 0.4) is 0 Å². The van der Waals surface area contributed by atoms with Crippen LogP contribution in [0.25, 0.3) is 0 Å². The number of aromatic amines is 1. The Kier molecular flexibility index (Phi) is 4.17. The molecule has 0 spiro atoms. The Bertz CT molecular complexity index is 740. The van der Waals surface area contributed by atoms with Crippen molar-refractivity contribution in [3.05, 3.63) is 39.5 Å². The van der Waals surface area contributed by atoms with Gasteiger partial charge in [-0.1, -0.05) is 6.07 Å². The summed E-state index contributed by atoms with van der Waals surface area (Å²) in [6.07, 6.45) is 0. The first-order valence-corrected chi connectivity index (χ1v) is 8.15. The second-order valence-electron chi connectivity index (χ2n) is 4.43. The van der Waals surface area contributed by atoms with Crippen LogP contribution in [0.5, 0.6) is 0 Å². The predicted octanol–water partition coefficient (Wildman–Crippen LogP) is 2.05. The van der Waals surface area contributed by atoms with Crippen LogP contribution < -0.4 is 10.5 Å². The zero-order valence-corrected chi connectivity index (χ0v) is 13.5.